The Balaban J connectivity index is 1.31. The first-order valence-electron chi connectivity index (χ1n) is 12.0. The smallest absolute Gasteiger partial charge is 0.255 e. The first-order chi connectivity index (χ1) is 17.1. The maximum absolute atomic E-state index is 13.1. The van der Waals surface area contributed by atoms with Gasteiger partial charge in [0.05, 0.1) is 17.2 Å². The summed E-state index contributed by atoms with van der Waals surface area (Å²) in [5, 5.41) is 9.37. The number of nitrogens with zero attached hydrogens (tertiary/aromatic N) is 8. The molecule has 1 aliphatic carbocycles. The molecule has 0 bridgehead atoms. The Morgan fingerprint density at radius 2 is 2.00 bits per heavy atom. The van der Waals surface area contributed by atoms with Crippen molar-refractivity contribution in [2.45, 2.75) is 37.6 Å². The monoisotopic (exact) mass is 466 g/mol. The number of carbonyl (C=O) groups is 1. The fraction of sp³-hybridized carbons (Fsp3) is 0.385. The van der Waals surface area contributed by atoms with Crippen LogP contribution in [0.3, 0.4) is 0 Å². The molecule has 9 heteroatoms. The number of piperazine rings is 1. The first-order valence-corrected chi connectivity index (χ1v) is 12.0. The van der Waals surface area contributed by atoms with E-state index < -0.39 is 0 Å². The number of carbonyl (C=O) groups excluding carboxylic acids is 1. The number of fused-ring (bicyclic) bond motifs is 2. The van der Waals surface area contributed by atoms with E-state index in [4.69, 9.17) is 9.97 Å². The van der Waals surface area contributed by atoms with Gasteiger partial charge in [0.15, 0.2) is 0 Å². The number of aromatic nitrogens is 4. The zero-order valence-electron chi connectivity index (χ0n) is 19.6. The van der Waals surface area contributed by atoms with Crippen molar-refractivity contribution in [2.24, 2.45) is 0 Å². The van der Waals surface area contributed by atoms with Crippen molar-refractivity contribution in [3.63, 3.8) is 0 Å². The van der Waals surface area contributed by atoms with E-state index in [1.165, 1.54) is 12.0 Å². The molecular formula is C26H26N8O. The Morgan fingerprint density at radius 3 is 2.71 bits per heavy atom. The summed E-state index contributed by atoms with van der Waals surface area (Å²) in [6.45, 7) is 4.91. The van der Waals surface area contributed by atoms with Crippen LogP contribution in [0.2, 0.25) is 0 Å². The fourth-order valence-electron chi connectivity index (χ4n) is 5.69. The number of rotatable bonds is 3. The highest BCUT2D eigenvalue weighted by Crippen LogP contribution is 2.56. The first kappa shape index (κ1) is 21.5. The van der Waals surface area contributed by atoms with Gasteiger partial charge in [0, 0.05) is 61.8 Å². The van der Waals surface area contributed by atoms with Crippen molar-refractivity contribution in [3.8, 4) is 6.07 Å². The predicted molar refractivity (Wildman–Crippen MR) is 130 cm³/mol. The van der Waals surface area contributed by atoms with Crippen LogP contribution >= 0.6 is 0 Å². The molecule has 0 aromatic carbocycles. The molecule has 0 radical (unpaired) electrons. The summed E-state index contributed by atoms with van der Waals surface area (Å²) in [6, 6.07) is 9.40. The van der Waals surface area contributed by atoms with Crippen molar-refractivity contribution < 1.29 is 4.79 Å². The van der Waals surface area contributed by atoms with E-state index >= 15 is 0 Å². The van der Waals surface area contributed by atoms with Crippen LogP contribution in [0.1, 0.15) is 47.7 Å². The average Bonchev–Trinajstić information content (AvgIpc) is 3.25. The third kappa shape index (κ3) is 3.48. The van der Waals surface area contributed by atoms with Crippen molar-refractivity contribution in [1.29, 1.82) is 5.26 Å². The Labute approximate surface area is 204 Å². The zero-order valence-corrected chi connectivity index (χ0v) is 19.6. The average molecular weight is 467 g/mol. The topological polar surface area (TPSA) is 102 Å². The molecule has 3 aromatic heterocycles. The zero-order chi connectivity index (χ0) is 24.0. The van der Waals surface area contributed by atoms with Crippen molar-refractivity contribution in [3.05, 3.63) is 65.9 Å². The highest BCUT2D eigenvalue weighted by molar-refractivity contribution is 5.94. The second kappa shape index (κ2) is 8.31. The predicted octanol–water partition coefficient (Wildman–Crippen LogP) is 3.06. The molecule has 2 aliphatic heterocycles. The number of hydrogen-bond donors (Lipinski definition) is 0. The van der Waals surface area contributed by atoms with Gasteiger partial charge in [-0.3, -0.25) is 9.78 Å². The van der Waals surface area contributed by atoms with Gasteiger partial charge in [-0.15, -0.1) is 0 Å². The Hall–Kier alpha value is -4.06. The molecule has 6 rings (SSSR count). The molecule has 3 aliphatic rings. The van der Waals surface area contributed by atoms with Crippen LogP contribution in [0.25, 0.3) is 0 Å². The minimum Gasteiger partial charge on any atom is -0.352 e. The summed E-state index contributed by atoms with van der Waals surface area (Å²) >= 11 is 0. The Kier molecular flexibility index (Phi) is 5.10. The maximum atomic E-state index is 13.1. The highest BCUT2D eigenvalue weighted by Gasteiger charge is 2.51. The largest absolute Gasteiger partial charge is 0.352 e. The van der Waals surface area contributed by atoms with Gasteiger partial charge in [-0.25, -0.2) is 15.0 Å². The molecule has 176 valence electrons. The maximum Gasteiger partial charge on any atom is 0.255 e. The van der Waals surface area contributed by atoms with E-state index in [1.54, 1.807) is 37.1 Å². The quantitative estimate of drug-likeness (QED) is 0.580. The lowest BCUT2D eigenvalue weighted by atomic mass is 9.66. The van der Waals surface area contributed by atoms with Crippen LogP contribution in [-0.4, -0.2) is 63.0 Å². The number of anilines is 3. The molecule has 3 aromatic rings. The lowest BCUT2D eigenvalue weighted by molar-refractivity contribution is 0.0673. The second-order valence-corrected chi connectivity index (χ2v) is 9.67. The number of hydrogen-bond acceptors (Lipinski definition) is 8. The highest BCUT2D eigenvalue weighted by atomic mass is 16.2. The van der Waals surface area contributed by atoms with E-state index in [2.05, 4.69) is 32.8 Å². The van der Waals surface area contributed by atoms with Crippen molar-refractivity contribution >= 4 is 23.4 Å². The van der Waals surface area contributed by atoms with Crippen LogP contribution in [0.4, 0.5) is 17.5 Å². The third-order valence-electron chi connectivity index (χ3n) is 7.61. The molecule has 9 nitrogen and oxygen atoms in total. The molecular weight excluding hydrogens is 440 g/mol. The van der Waals surface area contributed by atoms with E-state index in [0.717, 1.165) is 36.8 Å². The fourth-order valence-corrected chi connectivity index (χ4v) is 5.69. The second-order valence-electron chi connectivity index (χ2n) is 9.67. The summed E-state index contributed by atoms with van der Waals surface area (Å²) in [5.41, 5.74) is 2.40. The summed E-state index contributed by atoms with van der Waals surface area (Å²) in [5.74, 6) is 2.62. The van der Waals surface area contributed by atoms with E-state index in [-0.39, 0.29) is 17.4 Å². The Morgan fingerprint density at radius 1 is 1.14 bits per heavy atom. The van der Waals surface area contributed by atoms with Crippen molar-refractivity contribution in [1.82, 2.24) is 24.8 Å². The summed E-state index contributed by atoms with van der Waals surface area (Å²) in [4.78, 5) is 37.6. The van der Waals surface area contributed by atoms with Crippen molar-refractivity contribution in [2.75, 3.05) is 36.0 Å². The lowest BCUT2D eigenvalue weighted by Gasteiger charge is -2.43. The van der Waals surface area contributed by atoms with Gasteiger partial charge in [-0.1, -0.05) is 6.42 Å². The van der Waals surface area contributed by atoms with Crippen LogP contribution in [0.15, 0.2) is 49.2 Å². The molecule has 1 saturated heterocycles. The van der Waals surface area contributed by atoms with E-state index in [0.29, 0.717) is 30.8 Å². The van der Waals surface area contributed by atoms with Crippen LogP contribution in [-0.2, 0) is 5.41 Å². The van der Waals surface area contributed by atoms with E-state index in [9.17, 15) is 10.1 Å². The molecule has 1 atom stereocenters. The molecule has 0 N–H and O–H groups in total. The van der Waals surface area contributed by atoms with Gasteiger partial charge in [-0.05, 0) is 44.0 Å². The van der Waals surface area contributed by atoms with E-state index in [1.807, 2.05) is 17.0 Å². The normalized spacial score (nSPS) is 20.3. The molecule has 1 spiro atoms. The SMILES string of the molecule is CC1CN(c2ncnc3c2C2(CCC2)CN3c2cc(C#N)ccn2)CCN1C(=O)c1cccnc1. The van der Waals surface area contributed by atoms with Gasteiger partial charge >= 0.3 is 0 Å². The minimum atomic E-state index is 0.00214. The van der Waals surface area contributed by atoms with Crippen LogP contribution in [0, 0.1) is 11.3 Å². The number of nitriles is 1. The van der Waals surface area contributed by atoms with Gasteiger partial charge in [0.1, 0.15) is 23.8 Å². The lowest BCUT2D eigenvalue weighted by Crippen LogP contribution is -2.54. The van der Waals surface area contributed by atoms with Crippen LogP contribution in [0.5, 0.6) is 0 Å². The standard InChI is InChI=1S/C26H26N8O/c1-18-15-32(10-11-33(18)25(35)20-4-2-8-28-14-20)23-22-24(31-17-30-23)34(16-26(22)6-3-7-26)21-12-19(13-27)5-9-29-21/h2,4-5,8-9,12,14,17-18H,3,6-7,10-11,15-16H2,1H3. The minimum absolute atomic E-state index is 0.00214. The summed E-state index contributed by atoms with van der Waals surface area (Å²) in [6.07, 6.45) is 9.97. The van der Waals surface area contributed by atoms with Crippen LogP contribution < -0.4 is 9.80 Å². The molecule has 1 unspecified atom stereocenters. The summed E-state index contributed by atoms with van der Waals surface area (Å²) in [7, 11) is 0. The summed E-state index contributed by atoms with van der Waals surface area (Å²) < 4.78 is 0. The van der Waals surface area contributed by atoms with Gasteiger partial charge < -0.3 is 14.7 Å². The number of pyridine rings is 2. The molecule has 1 amide bonds. The molecule has 2 fully saturated rings. The third-order valence-corrected chi connectivity index (χ3v) is 7.61. The Bertz CT molecular complexity index is 1320. The van der Waals surface area contributed by atoms with Gasteiger partial charge in [0.25, 0.3) is 5.91 Å². The number of amides is 1. The van der Waals surface area contributed by atoms with Gasteiger partial charge in [-0.2, -0.15) is 5.26 Å². The molecule has 1 saturated carbocycles. The molecule has 5 heterocycles. The van der Waals surface area contributed by atoms with Gasteiger partial charge in [0.2, 0.25) is 0 Å². The molecule has 35 heavy (non-hydrogen) atoms.